The van der Waals surface area contributed by atoms with Crippen molar-refractivity contribution in [1.82, 2.24) is 4.90 Å². The van der Waals surface area contributed by atoms with Crippen LogP contribution in [0.1, 0.15) is 41.0 Å². The van der Waals surface area contributed by atoms with Crippen molar-refractivity contribution in [1.29, 1.82) is 0 Å². The van der Waals surface area contributed by atoms with E-state index in [0.29, 0.717) is 0 Å². The van der Waals surface area contributed by atoms with E-state index in [4.69, 9.17) is 42.6 Å². The molecule has 0 aromatic carbocycles. The van der Waals surface area contributed by atoms with Crippen LogP contribution in [0.15, 0.2) is 0 Å². The van der Waals surface area contributed by atoms with Gasteiger partial charge in [0.15, 0.2) is 43.1 Å². The molecule has 4 rings (SSSR count). The second-order valence-corrected chi connectivity index (χ2v) is 11.5. The minimum absolute atomic E-state index is 0.00909. The van der Waals surface area contributed by atoms with Gasteiger partial charge in [0.1, 0.15) is 17.1 Å². The fourth-order valence-electron chi connectivity index (χ4n) is 5.90. The molecule has 0 N–H and O–H groups in total. The first-order valence-electron chi connectivity index (χ1n) is 13.4. The number of amides is 1. The van der Waals surface area contributed by atoms with Gasteiger partial charge in [-0.2, -0.15) is 0 Å². The molecule has 17 heteroatoms. The van der Waals surface area contributed by atoms with Gasteiger partial charge in [0.25, 0.3) is 0 Å². The summed E-state index contributed by atoms with van der Waals surface area (Å²) in [6, 6.07) is -0.784. The lowest BCUT2D eigenvalue weighted by molar-refractivity contribution is -0.309. The third kappa shape index (κ3) is 6.60. The zero-order chi connectivity index (χ0) is 31.8. The Bertz CT molecular complexity index is 1150. The van der Waals surface area contributed by atoms with Gasteiger partial charge in [0.2, 0.25) is 5.91 Å². The van der Waals surface area contributed by atoms with Crippen LogP contribution in [0.5, 0.6) is 0 Å². The average Bonchev–Trinajstić information content (AvgIpc) is 3.32. The molecule has 3 aliphatic heterocycles. The van der Waals surface area contributed by atoms with E-state index >= 15 is 0 Å². The lowest BCUT2D eigenvalue weighted by Gasteiger charge is -2.45. The van der Waals surface area contributed by atoms with Gasteiger partial charge in [-0.25, -0.2) is 0 Å². The normalized spacial score (nSPS) is 38.4. The smallest absolute Gasteiger partial charge is 0.303 e. The molecule has 43 heavy (non-hydrogen) atoms. The lowest BCUT2D eigenvalue weighted by atomic mass is 9.95. The van der Waals surface area contributed by atoms with Crippen molar-refractivity contribution in [3.8, 4) is 0 Å². The van der Waals surface area contributed by atoms with Crippen molar-refractivity contribution in [2.45, 2.75) is 107 Å². The number of hydrogen-bond donors (Lipinski definition) is 0. The van der Waals surface area contributed by atoms with Gasteiger partial charge in [0.05, 0.1) is 11.8 Å². The van der Waals surface area contributed by atoms with E-state index < -0.39 is 96.1 Å². The predicted octanol–water partition coefficient (Wildman–Crippen LogP) is -0.568. The van der Waals surface area contributed by atoms with Crippen molar-refractivity contribution < 1.29 is 71.4 Å². The molecule has 1 spiro atoms. The van der Waals surface area contributed by atoms with Crippen LogP contribution in [0.3, 0.4) is 0 Å². The molecule has 0 radical (unpaired) electrons. The number of ether oxygens (including phenoxy) is 9. The van der Waals surface area contributed by atoms with Crippen molar-refractivity contribution in [2.75, 3.05) is 20.0 Å². The van der Waals surface area contributed by atoms with Crippen LogP contribution < -0.4 is 0 Å². The molecule has 3 unspecified atom stereocenters. The van der Waals surface area contributed by atoms with E-state index in [0.717, 1.165) is 20.8 Å². The van der Waals surface area contributed by atoms with Gasteiger partial charge >= 0.3 is 29.8 Å². The third-order valence-corrected chi connectivity index (χ3v) is 8.60. The Labute approximate surface area is 251 Å². The van der Waals surface area contributed by atoms with Crippen molar-refractivity contribution in [3.63, 3.8) is 0 Å². The van der Waals surface area contributed by atoms with E-state index in [9.17, 15) is 28.8 Å². The summed E-state index contributed by atoms with van der Waals surface area (Å²) < 4.78 is 50.6. The molecular weight excluding hydrogens is 598 g/mol. The Hall–Kier alpha value is -2.99. The molecule has 0 aromatic heterocycles. The zero-order valence-electron chi connectivity index (χ0n) is 24.7. The van der Waals surface area contributed by atoms with Gasteiger partial charge < -0.3 is 47.5 Å². The van der Waals surface area contributed by atoms with Crippen molar-refractivity contribution in [2.24, 2.45) is 0 Å². The van der Waals surface area contributed by atoms with Crippen molar-refractivity contribution >= 4 is 47.5 Å². The first kappa shape index (κ1) is 32.9. The number of rotatable bonds is 9. The highest BCUT2D eigenvalue weighted by Crippen LogP contribution is 2.56. The Morgan fingerprint density at radius 2 is 1.23 bits per heavy atom. The van der Waals surface area contributed by atoms with E-state index in [2.05, 4.69) is 0 Å². The Morgan fingerprint density at radius 1 is 0.744 bits per heavy atom. The number of nitrogens with zero attached hydrogens (tertiary/aromatic N) is 1. The van der Waals surface area contributed by atoms with Crippen LogP contribution in [0.25, 0.3) is 0 Å². The van der Waals surface area contributed by atoms with Crippen LogP contribution in [0.2, 0.25) is 0 Å². The average molecular weight is 634 g/mol. The molecule has 1 aliphatic carbocycles. The van der Waals surface area contributed by atoms with Gasteiger partial charge in [-0.05, 0) is 0 Å². The van der Waals surface area contributed by atoms with E-state index in [1.807, 2.05) is 0 Å². The summed E-state index contributed by atoms with van der Waals surface area (Å²) in [7, 11) is 2.62. The standard InChI is InChI=1S/C26H35NO15S/c1-10(28)36-17-19(41-24(34-6)20(17)38-12(3)30)23-27(16(33)9-43-23)15-8-26(15)22(40-14(5)32)18(37-11(2)29)21(39-13(4)31)25(35-7)42-26/h15,17-25H,8-9H2,1-7H3/t15?,17-,18-,19?,20-,21-,22+,23-,24-,25+,26?/m1/s1. The summed E-state index contributed by atoms with van der Waals surface area (Å²) in [5.74, 6) is -3.88. The van der Waals surface area contributed by atoms with E-state index in [1.165, 1.54) is 44.7 Å². The molecule has 16 nitrogen and oxygen atoms in total. The van der Waals surface area contributed by atoms with E-state index in [1.54, 1.807) is 0 Å². The highest BCUT2D eigenvalue weighted by atomic mass is 32.2. The van der Waals surface area contributed by atoms with Crippen LogP contribution in [-0.4, -0.2) is 127 Å². The molecule has 3 saturated heterocycles. The molecule has 240 valence electrons. The molecule has 1 amide bonds. The molecular formula is C26H35NO15S. The summed E-state index contributed by atoms with van der Waals surface area (Å²) in [4.78, 5) is 75.2. The molecule has 0 aromatic rings. The summed E-state index contributed by atoms with van der Waals surface area (Å²) in [6.45, 7) is 5.80. The van der Waals surface area contributed by atoms with Gasteiger partial charge in [-0.3, -0.25) is 28.8 Å². The third-order valence-electron chi connectivity index (χ3n) is 7.35. The molecule has 4 fully saturated rings. The fraction of sp³-hybridized carbons (Fsp3) is 0.769. The monoisotopic (exact) mass is 633 g/mol. The number of thioether (sulfide) groups is 1. The van der Waals surface area contributed by atoms with Crippen molar-refractivity contribution in [3.05, 3.63) is 0 Å². The van der Waals surface area contributed by atoms with Gasteiger partial charge in [0, 0.05) is 55.3 Å². The maximum atomic E-state index is 13.4. The SMILES string of the molecule is CO[C@H]1OC2(CC2N2C(=O)CS[C@@H]2C2O[C@@H](OC)[C@H](OC(C)=O)[C@@H]2OC(C)=O)[C@@H](OC(C)=O)[C@H](OC(C)=O)[C@H]1OC(C)=O. The molecule has 3 heterocycles. The summed E-state index contributed by atoms with van der Waals surface area (Å²) in [6.07, 6.45) is -9.53. The Balaban J connectivity index is 1.71. The molecule has 0 bridgehead atoms. The topological polar surface area (TPSA) is 189 Å². The second-order valence-electron chi connectivity index (χ2n) is 10.4. The molecule has 11 atom stereocenters. The Morgan fingerprint density at radius 3 is 1.74 bits per heavy atom. The molecule has 4 aliphatic rings. The second kappa shape index (κ2) is 12.9. The summed E-state index contributed by atoms with van der Waals surface area (Å²) in [5, 5.41) is -0.805. The Kier molecular flexibility index (Phi) is 9.90. The van der Waals surface area contributed by atoms with Crippen LogP contribution in [0.4, 0.5) is 0 Å². The highest BCUT2D eigenvalue weighted by molar-refractivity contribution is 8.01. The number of hydrogen-bond acceptors (Lipinski definition) is 16. The first-order valence-corrected chi connectivity index (χ1v) is 14.5. The number of carbonyl (C=O) groups is 6. The molecule has 1 saturated carbocycles. The number of carbonyl (C=O) groups excluding carboxylic acids is 6. The lowest BCUT2D eigenvalue weighted by Crippen LogP contribution is -2.65. The maximum absolute atomic E-state index is 13.4. The quantitative estimate of drug-likeness (QED) is 0.232. The number of esters is 5. The van der Waals surface area contributed by atoms with Crippen LogP contribution >= 0.6 is 11.8 Å². The summed E-state index contributed by atoms with van der Waals surface area (Å²) in [5.41, 5.74) is -1.45. The highest BCUT2D eigenvalue weighted by Gasteiger charge is 2.75. The van der Waals surface area contributed by atoms with Crippen LogP contribution in [-0.2, 0) is 71.4 Å². The maximum Gasteiger partial charge on any atom is 0.303 e. The van der Waals surface area contributed by atoms with Gasteiger partial charge in [-0.15, -0.1) is 11.8 Å². The minimum Gasteiger partial charge on any atom is -0.455 e. The summed E-state index contributed by atoms with van der Waals surface area (Å²) >= 11 is 1.19. The van der Waals surface area contributed by atoms with Crippen LogP contribution in [0, 0.1) is 0 Å². The largest absolute Gasteiger partial charge is 0.455 e. The fourth-order valence-corrected chi connectivity index (χ4v) is 7.19. The zero-order valence-corrected chi connectivity index (χ0v) is 25.5. The number of methoxy groups -OCH3 is 2. The minimum atomic E-state index is -1.45. The van der Waals surface area contributed by atoms with E-state index in [-0.39, 0.29) is 18.1 Å². The first-order chi connectivity index (χ1) is 20.2. The predicted molar refractivity (Wildman–Crippen MR) is 140 cm³/mol. The van der Waals surface area contributed by atoms with Gasteiger partial charge in [-0.1, -0.05) is 0 Å².